The van der Waals surface area contributed by atoms with Gasteiger partial charge in [0.15, 0.2) is 0 Å². The highest BCUT2D eigenvalue weighted by Gasteiger charge is 2.16. The van der Waals surface area contributed by atoms with Gasteiger partial charge in [0.2, 0.25) is 0 Å². The Hall–Kier alpha value is -1.06. The first-order chi connectivity index (χ1) is 8.84. The van der Waals surface area contributed by atoms with Crippen molar-refractivity contribution in [1.82, 2.24) is 4.90 Å². The first-order valence-electron chi connectivity index (χ1n) is 6.82. The van der Waals surface area contributed by atoms with E-state index in [0.717, 1.165) is 51.3 Å². The largest absolute Gasteiger partial charge is 0.494 e. The van der Waals surface area contributed by atoms with E-state index in [1.807, 2.05) is 30.3 Å². The van der Waals surface area contributed by atoms with Crippen LogP contribution < -0.4 is 4.74 Å². The van der Waals surface area contributed by atoms with E-state index in [-0.39, 0.29) is 0 Å². The summed E-state index contributed by atoms with van der Waals surface area (Å²) in [6, 6.07) is 9.94. The fraction of sp³-hybridized carbons (Fsp3) is 0.600. The van der Waals surface area contributed by atoms with Crippen LogP contribution in [0.2, 0.25) is 0 Å². The van der Waals surface area contributed by atoms with Gasteiger partial charge in [0.25, 0.3) is 0 Å². The van der Waals surface area contributed by atoms with Crippen molar-refractivity contribution in [3.63, 3.8) is 0 Å². The number of para-hydroxylation sites is 1. The SMILES string of the molecule is CN1CCC(OCCCOc2ccccc2)CC1. The molecule has 0 saturated carbocycles. The Balaban J connectivity index is 1.51. The second kappa shape index (κ2) is 7.39. The minimum absolute atomic E-state index is 0.456. The Labute approximate surface area is 110 Å². The number of rotatable bonds is 6. The summed E-state index contributed by atoms with van der Waals surface area (Å²) < 4.78 is 11.5. The van der Waals surface area contributed by atoms with Gasteiger partial charge in [-0.2, -0.15) is 0 Å². The number of benzene rings is 1. The van der Waals surface area contributed by atoms with Crippen molar-refractivity contribution in [2.45, 2.75) is 25.4 Å². The second-order valence-electron chi connectivity index (χ2n) is 4.89. The molecule has 0 aromatic heterocycles. The number of likely N-dealkylation sites (tertiary alicyclic amines) is 1. The Morgan fingerprint density at radius 3 is 2.56 bits per heavy atom. The monoisotopic (exact) mass is 249 g/mol. The van der Waals surface area contributed by atoms with Crippen molar-refractivity contribution in [2.24, 2.45) is 0 Å². The van der Waals surface area contributed by atoms with E-state index in [2.05, 4.69) is 11.9 Å². The fourth-order valence-corrected chi connectivity index (χ4v) is 2.17. The molecule has 2 rings (SSSR count). The molecule has 1 aromatic carbocycles. The van der Waals surface area contributed by atoms with Crippen LogP contribution in [0.15, 0.2) is 30.3 Å². The predicted molar refractivity (Wildman–Crippen MR) is 73.0 cm³/mol. The van der Waals surface area contributed by atoms with Crippen molar-refractivity contribution >= 4 is 0 Å². The van der Waals surface area contributed by atoms with Crippen LogP contribution in [0, 0.1) is 0 Å². The van der Waals surface area contributed by atoms with Crippen LogP contribution in [-0.2, 0) is 4.74 Å². The Bertz CT molecular complexity index is 321. The van der Waals surface area contributed by atoms with Gasteiger partial charge in [-0.15, -0.1) is 0 Å². The summed E-state index contributed by atoms with van der Waals surface area (Å²) in [5.41, 5.74) is 0. The zero-order chi connectivity index (χ0) is 12.6. The highest BCUT2D eigenvalue weighted by molar-refractivity contribution is 5.20. The van der Waals surface area contributed by atoms with Crippen LogP contribution in [0.5, 0.6) is 5.75 Å². The molecule has 0 unspecified atom stereocenters. The quantitative estimate of drug-likeness (QED) is 0.723. The molecule has 0 bridgehead atoms. The molecule has 0 spiro atoms. The molecule has 100 valence electrons. The van der Waals surface area contributed by atoms with Gasteiger partial charge in [0.1, 0.15) is 5.75 Å². The summed E-state index contributed by atoms with van der Waals surface area (Å²) in [5, 5.41) is 0. The van der Waals surface area contributed by atoms with E-state index < -0.39 is 0 Å². The molecule has 1 fully saturated rings. The molecule has 3 heteroatoms. The zero-order valence-corrected chi connectivity index (χ0v) is 11.2. The predicted octanol–water partition coefficient (Wildman–Crippen LogP) is 2.57. The number of nitrogens with zero attached hydrogens (tertiary/aromatic N) is 1. The number of piperidine rings is 1. The minimum Gasteiger partial charge on any atom is -0.494 e. The van der Waals surface area contributed by atoms with Gasteiger partial charge in [-0.1, -0.05) is 18.2 Å². The molecule has 1 aliphatic heterocycles. The topological polar surface area (TPSA) is 21.7 Å². The fourth-order valence-electron chi connectivity index (χ4n) is 2.17. The molecule has 1 heterocycles. The maximum absolute atomic E-state index is 5.86. The maximum Gasteiger partial charge on any atom is 0.119 e. The summed E-state index contributed by atoms with van der Waals surface area (Å²) in [4.78, 5) is 2.36. The molecule has 0 amide bonds. The Morgan fingerprint density at radius 1 is 1.11 bits per heavy atom. The van der Waals surface area contributed by atoms with Crippen LogP contribution in [0.25, 0.3) is 0 Å². The van der Waals surface area contributed by atoms with Crippen LogP contribution in [0.4, 0.5) is 0 Å². The third-order valence-corrected chi connectivity index (χ3v) is 3.32. The molecule has 0 atom stereocenters. The molecule has 0 radical (unpaired) electrons. The summed E-state index contributed by atoms with van der Waals surface area (Å²) in [7, 11) is 2.17. The minimum atomic E-state index is 0.456. The van der Waals surface area contributed by atoms with Crippen molar-refractivity contribution in [1.29, 1.82) is 0 Å². The first-order valence-corrected chi connectivity index (χ1v) is 6.82. The van der Waals surface area contributed by atoms with Crippen molar-refractivity contribution in [2.75, 3.05) is 33.4 Å². The first kappa shape index (κ1) is 13.4. The second-order valence-corrected chi connectivity index (χ2v) is 4.89. The van der Waals surface area contributed by atoms with Crippen LogP contribution in [0.3, 0.4) is 0 Å². The Morgan fingerprint density at radius 2 is 1.83 bits per heavy atom. The number of hydrogen-bond acceptors (Lipinski definition) is 3. The van der Waals surface area contributed by atoms with Crippen LogP contribution in [0.1, 0.15) is 19.3 Å². The molecule has 1 aromatic rings. The average Bonchev–Trinajstić information content (AvgIpc) is 2.42. The van der Waals surface area contributed by atoms with E-state index in [1.165, 1.54) is 0 Å². The van der Waals surface area contributed by atoms with Gasteiger partial charge in [0.05, 0.1) is 19.3 Å². The summed E-state index contributed by atoms with van der Waals surface area (Å²) in [6.45, 7) is 3.86. The van der Waals surface area contributed by atoms with Crippen molar-refractivity contribution < 1.29 is 9.47 Å². The molecule has 0 N–H and O–H groups in total. The van der Waals surface area contributed by atoms with Gasteiger partial charge in [0, 0.05) is 19.5 Å². The molecule has 3 nitrogen and oxygen atoms in total. The normalized spacial score (nSPS) is 17.8. The summed E-state index contributed by atoms with van der Waals surface area (Å²) in [5.74, 6) is 0.941. The average molecular weight is 249 g/mol. The van der Waals surface area contributed by atoms with Gasteiger partial charge < -0.3 is 14.4 Å². The number of hydrogen-bond donors (Lipinski definition) is 0. The molecule has 18 heavy (non-hydrogen) atoms. The van der Waals surface area contributed by atoms with Gasteiger partial charge >= 0.3 is 0 Å². The molecule has 1 aliphatic rings. The Kier molecular flexibility index (Phi) is 5.49. The van der Waals surface area contributed by atoms with Crippen LogP contribution in [-0.4, -0.2) is 44.4 Å². The lowest BCUT2D eigenvalue weighted by Gasteiger charge is -2.28. The molecule has 0 aliphatic carbocycles. The van der Waals surface area contributed by atoms with Gasteiger partial charge in [-0.3, -0.25) is 0 Å². The van der Waals surface area contributed by atoms with E-state index in [0.29, 0.717) is 6.10 Å². The third-order valence-electron chi connectivity index (χ3n) is 3.32. The highest BCUT2D eigenvalue weighted by atomic mass is 16.5. The zero-order valence-electron chi connectivity index (χ0n) is 11.2. The lowest BCUT2D eigenvalue weighted by molar-refractivity contribution is 0.00784. The summed E-state index contributed by atoms with van der Waals surface area (Å²) >= 11 is 0. The highest BCUT2D eigenvalue weighted by Crippen LogP contribution is 2.12. The van der Waals surface area contributed by atoms with Crippen LogP contribution >= 0.6 is 0 Å². The summed E-state index contributed by atoms with van der Waals surface area (Å²) in [6.07, 6.45) is 3.74. The molecular formula is C15H23NO2. The lowest BCUT2D eigenvalue weighted by atomic mass is 10.1. The van der Waals surface area contributed by atoms with Crippen molar-refractivity contribution in [3.8, 4) is 5.75 Å². The smallest absolute Gasteiger partial charge is 0.119 e. The van der Waals surface area contributed by atoms with E-state index >= 15 is 0 Å². The number of ether oxygens (including phenoxy) is 2. The standard InChI is InChI=1S/C15H23NO2/c1-16-10-8-15(9-11-16)18-13-5-12-17-14-6-3-2-4-7-14/h2-4,6-7,15H,5,8-13H2,1H3. The lowest BCUT2D eigenvalue weighted by Crippen LogP contribution is -2.34. The molecular weight excluding hydrogens is 226 g/mol. The maximum atomic E-state index is 5.86. The van der Waals surface area contributed by atoms with Gasteiger partial charge in [-0.25, -0.2) is 0 Å². The van der Waals surface area contributed by atoms with Gasteiger partial charge in [-0.05, 0) is 32.0 Å². The van der Waals surface area contributed by atoms with E-state index in [9.17, 15) is 0 Å². The van der Waals surface area contributed by atoms with Crippen molar-refractivity contribution in [3.05, 3.63) is 30.3 Å². The molecule has 1 saturated heterocycles. The third kappa shape index (κ3) is 4.67. The van der Waals surface area contributed by atoms with E-state index in [4.69, 9.17) is 9.47 Å². The van der Waals surface area contributed by atoms with E-state index in [1.54, 1.807) is 0 Å².